The van der Waals surface area contributed by atoms with Gasteiger partial charge in [-0.25, -0.2) is 0 Å². The highest BCUT2D eigenvalue weighted by molar-refractivity contribution is 6.10. The molecular formula is C54H38N2. The lowest BCUT2D eigenvalue weighted by atomic mass is 10.0. The van der Waals surface area contributed by atoms with Crippen molar-refractivity contribution >= 4 is 38.9 Å². The minimum Gasteiger partial charge on any atom is -0.310 e. The van der Waals surface area contributed by atoms with E-state index in [9.17, 15) is 0 Å². The van der Waals surface area contributed by atoms with Crippen LogP contribution in [0, 0.1) is 0 Å². The van der Waals surface area contributed by atoms with Crippen molar-refractivity contribution in [3.05, 3.63) is 231 Å². The van der Waals surface area contributed by atoms with E-state index in [1.807, 2.05) is 0 Å². The van der Waals surface area contributed by atoms with Gasteiger partial charge >= 0.3 is 0 Å². The zero-order chi connectivity index (χ0) is 37.3. The van der Waals surface area contributed by atoms with E-state index >= 15 is 0 Å². The molecule has 2 nitrogen and oxygen atoms in total. The first-order chi connectivity index (χ1) is 27.8. The Morgan fingerprint density at radius 3 is 1.36 bits per heavy atom. The third kappa shape index (κ3) is 6.14. The van der Waals surface area contributed by atoms with Crippen molar-refractivity contribution < 1.29 is 0 Å². The summed E-state index contributed by atoms with van der Waals surface area (Å²) >= 11 is 0. The van der Waals surface area contributed by atoms with Gasteiger partial charge in [-0.15, -0.1) is 0 Å². The van der Waals surface area contributed by atoms with Gasteiger partial charge in [0.15, 0.2) is 0 Å². The number of nitrogens with zero attached hydrogens (tertiary/aromatic N) is 2. The minimum absolute atomic E-state index is 1.09. The zero-order valence-corrected chi connectivity index (χ0v) is 30.8. The summed E-state index contributed by atoms with van der Waals surface area (Å²) in [5, 5.41) is 2.49. The van der Waals surface area contributed by atoms with Crippen LogP contribution in [0.25, 0.3) is 72.0 Å². The summed E-state index contributed by atoms with van der Waals surface area (Å²) in [4.78, 5) is 2.36. The highest BCUT2D eigenvalue weighted by Crippen LogP contribution is 2.41. The van der Waals surface area contributed by atoms with Crippen molar-refractivity contribution in [1.82, 2.24) is 4.57 Å². The van der Waals surface area contributed by atoms with Gasteiger partial charge in [-0.1, -0.05) is 176 Å². The number of hydrogen-bond acceptors (Lipinski definition) is 1. The van der Waals surface area contributed by atoms with E-state index in [0.717, 1.165) is 28.3 Å². The number of aromatic nitrogens is 1. The fourth-order valence-electron chi connectivity index (χ4n) is 8.08. The van der Waals surface area contributed by atoms with Crippen LogP contribution in [0.5, 0.6) is 0 Å². The fourth-order valence-corrected chi connectivity index (χ4v) is 8.08. The van der Waals surface area contributed by atoms with Gasteiger partial charge in [-0.3, -0.25) is 0 Å². The molecule has 0 spiro atoms. The molecule has 264 valence electrons. The number of fused-ring (bicyclic) bond motifs is 3. The Hall–Kier alpha value is -7.42. The summed E-state index contributed by atoms with van der Waals surface area (Å²) in [7, 11) is 0. The molecular weight excluding hydrogens is 677 g/mol. The predicted molar refractivity (Wildman–Crippen MR) is 237 cm³/mol. The number of hydrogen-bond donors (Lipinski definition) is 0. The van der Waals surface area contributed by atoms with E-state index < -0.39 is 0 Å². The SMILES string of the molecule is c1ccc(-c2ccc(N(c3ccc(-c4ccccc4)cc3)c3cccc(-c4ccccc4-n4c5ccccc5c5ccc(-c6ccccc6)cc54)c3)cc2)cc1. The quantitative estimate of drug-likeness (QED) is 0.152. The van der Waals surface area contributed by atoms with Gasteiger partial charge in [-0.2, -0.15) is 0 Å². The molecule has 0 saturated carbocycles. The summed E-state index contributed by atoms with van der Waals surface area (Å²) in [5.41, 5.74) is 16.3. The maximum absolute atomic E-state index is 2.45. The smallest absolute Gasteiger partial charge is 0.0547 e. The Labute approximate surface area is 327 Å². The molecule has 0 amide bonds. The lowest BCUT2D eigenvalue weighted by Crippen LogP contribution is -2.10. The van der Waals surface area contributed by atoms with Crippen molar-refractivity contribution in [3.63, 3.8) is 0 Å². The standard InChI is InChI=1S/C54H38N2/c1-4-15-39(16-5-1)42-27-32-46(33-28-42)55(47-34-29-43(30-35-47)40-17-6-2-7-18-40)48-22-14-21-45(37-48)49-23-10-12-25-52(49)56-53-26-13-11-24-50(53)51-36-31-44(38-54(51)56)41-19-8-3-9-20-41/h1-38H. The maximum Gasteiger partial charge on any atom is 0.0547 e. The Morgan fingerprint density at radius 2 is 0.732 bits per heavy atom. The molecule has 9 aromatic carbocycles. The monoisotopic (exact) mass is 714 g/mol. The third-order valence-corrected chi connectivity index (χ3v) is 10.8. The van der Waals surface area contributed by atoms with E-state index in [2.05, 4.69) is 240 Å². The summed E-state index contributed by atoms with van der Waals surface area (Å²) in [6.07, 6.45) is 0. The van der Waals surface area contributed by atoms with Gasteiger partial charge in [0.25, 0.3) is 0 Å². The summed E-state index contributed by atoms with van der Waals surface area (Å²) in [6.45, 7) is 0. The molecule has 10 rings (SSSR count). The van der Waals surface area contributed by atoms with Gasteiger partial charge in [0.05, 0.1) is 16.7 Å². The molecule has 10 aromatic rings. The lowest BCUT2D eigenvalue weighted by Gasteiger charge is -2.27. The first kappa shape index (κ1) is 33.2. The molecule has 0 aliphatic carbocycles. The van der Waals surface area contributed by atoms with Crippen LogP contribution in [-0.2, 0) is 0 Å². The van der Waals surface area contributed by atoms with Crippen LogP contribution in [0.1, 0.15) is 0 Å². The van der Waals surface area contributed by atoms with Crippen molar-refractivity contribution in [2.75, 3.05) is 4.90 Å². The molecule has 0 bridgehead atoms. The Morgan fingerprint density at radius 1 is 0.268 bits per heavy atom. The summed E-state index contributed by atoms with van der Waals surface area (Å²) in [6, 6.07) is 83.0. The van der Waals surface area contributed by atoms with Gasteiger partial charge in [0.2, 0.25) is 0 Å². The van der Waals surface area contributed by atoms with E-state index in [0.29, 0.717) is 0 Å². The van der Waals surface area contributed by atoms with Crippen molar-refractivity contribution in [1.29, 1.82) is 0 Å². The van der Waals surface area contributed by atoms with Crippen LogP contribution >= 0.6 is 0 Å². The van der Waals surface area contributed by atoms with E-state index in [-0.39, 0.29) is 0 Å². The first-order valence-electron chi connectivity index (χ1n) is 19.2. The number of anilines is 3. The molecule has 0 N–H and O–H groups in total. The fraction of sp³-hybridized carbons (Fsp3) is 0. The van der Waals surface area contributed by atoms with E-state index in [1.165, 1.54) is 60.8 Å². The van der Waals surface area contributed by atoms with E-state index in [1.54, 1.807) is 0 Å². The minimum atomic E-state index is 1.09. The second-order valence-corrected chi connectivity index (χ2v) is 14.2. The molecule has 0 unspecified atom stereocenters. The maximum atomic E-state index is 2.45. The van der Waals surface area contributed by atoms with Crippen molar-refractivity contribution in [2.24, 2.45) is 0 Å². The highest BCUT2D eigenvalue weighted by Gasteiger charge is 2.18. The van der Waals surface area contributed by atoms with Crippen LogP contribution in [-0.4, -0.2) is 4.57 Å². The second-order valence-electron chi connectivity index (χ2n) is 14.2. The summed E-state index contributed by atoms with van der Waals surface area (Å²) in [5.74, 6) is 0. The lowest BCUT2D eigenvalue weighted by molar-refractivity contribution is 1.18. The molecule has 1 aromatic heterocycles. The van der Waals surface area contributed by atoms with Crippen LogP contribution in [0.3, 0.4) is 0 Å². The molecule has 0 radical (unpaired) electrons. The van der Waals surface area contributed by atoms with Gasteiger partial charge in [-0.05, 0) is 93.5 Å². The number of benzene rings is 9. The molecule has 0 fully saturated rings. The molecule has 0 aliphatic heterocycles. The average Bonchev–Trinajstić information content (AvgIpc) is 3.61. The highest BCUT2D eigenvalue weighted by atomic mass is 15.1. The van der Waals surface area contributed by atoms with Gasteiger partial charge in [0, 0.05) is 33.4 Å². The van der Waals surface area contributed by atoms with Crippen LogP contribution < -0.4 is 4.90 Å². The average molecular weight is 715 g/mol. The van der Waals surface area contributed by atoms with E-state index in [4.69, 9.17) is 0 Å². The first-order valence-corrected chi connectivity index (χ1v) is 19.2. The topological polar surface area (TPSA) is 8.17 Å². The predicted octanol–water partition coefficient (Wildman–Crippen LogP) is 14.9. The number of rotatable bonds is 8. The molecule has 1 heterocycles. The molecule has 2 heteroatoms. The molecule has 56 heavy (non-hydrogen) atoms. The van der Waals surface area contributed by atoms with Crippen molar-refractivity contribution in [2.45, 2.75) is 0 Å². The molecule has 0 atom stereocenters. The third-order valence-electron chi connectivity index (χ3n) is 10.8. The van der Waals surface area contributed by atoms with Crippen LogP contribution in [0.15, 0.2) is 231 Å². The summed E-state index contributed by atoms with van der Waals surface area (Å²) < 4.78 is 2.45. The van der Waals surface area contributed by atoms with Crippen LogP contribution in [0.4, 0.5) is 17.1 Å². The Kier molecular flexibility index (Phi) is 8.55. The Balaban J connectivity index is 1.11. The largest absolute Gasteiger partial charge is 0.310 e. The second kappa shape index (κ2) is 14.4. The zero-order valence-electron chi connectivity index (χ0n) is 30.8. The van der Waals surface area contributed by atoms with Gasteiger partial charge in [0.1, 0.15) is 0 Å². The van der Waals surface area contributed by atoms with Crippen LogP contribution in [0.2, 0.25) is 0 Å². The number of para-hydroxylation sites is 2. The van der Waals surface area contributed by atoms with Gasteiger partial charge < -0.3 is 9.47 Å². The Bertz CT molecular complexity index is 2840. The molecule has 0 aliphatic rings. The van der Waals surface area contributed by atoms with Crippen molar-refractivity contribution in [3.8, 4) is 50.2 Å². The normalized spacial score (nSPS) is 11.2. The molecule has 0 saturated heterocycles.